The zero-order chi connectivity index (χ0) is 17.5. The number of piperidine rings is 1. The van der Waals surface area contributed by atoms with E-state index in [1.54, 1.807) is 7.11 Å². The first-order chi connectivity index (χ1) is 11.5. The quantitative estimate of drug-likeness (QED) is 0.853. The number of nitrogens with zero attached hydrogens (tertiary/aromatic N) is 2. The molecule has 2 atom stereocenters. The van der Waals surface area contributed by atoms with Crippen molar-refractivity contribution in [3.05, 3.63) is 0 Å². The van der Waals surface area contributed by atoms with Gasteiger partial charge in [-0.15, -0.1) is 0 Å². The van der Waals surface area contributed by atoms with Crippen LogP contribution in [0, 0.1) is 11.8 Å². The third-order valence-electron chi connectivity index (χ3n) is 5.21. The van der Waals surface area contributed by atoms with Crippen molar-refractivity contribution in [1.82, 2.24) is 15.1 Å². The predicted molar refractivity (Wildman–Crippen MR) is 93.8 cm³/mol. The predicted octanol–water partition coefficient (Wildman–Crippen LogP) is 2.09. The molecule has 2 aliphatic rings. The van der Waals surface area contributed by atoms with Gasteiger partial charge in [0.05, 0.1) is 13.0 Å². The Balaban J connectivity index is 1.74. The Labute approximate surface area is 145 Å². The van der Waals surface area contributed by atoms with Crippen LogP contribution in [0.15, 0.2) is 0 Å². The van der Waals surface area contributed by atoms with Crippen LogP contribution in [0.1, 0.15) is 46.0 Å². The smallest absolute Gasteiger partial charge is 0.317 e. The molecule has 138 valence electrons. The van der Waals surface area contributed by atoms with E-state index in [1.807, 2.05) is 9.80 Å². The van der Waals surface area contributed by atoms with E-state index in [-0.39, 0.29) is 18.0 Å². The molecule has 0 aromatic rings. The number of carbonyl (C=O) groups is 2. The van der Waals surface area contributed by atoms with E-state index >= 15 is 0 Å². The van der Waals surface area contributed by atoms with Crippen molar-refractivity contribution >= 4 is 11.9 Å². The minimum absolute atomic E-state index is 0.0695. The van der Waals surface area contributed by atoms with Crippen LogP contribution < -0.4 is 5.32 Å². The SMILES string of the molecule is COCCC(=O)N1CCC(NC(=O)N2CC[C@H](C)C[C@H](C)C2)CC1. The summed E-state index contributed by atoms with van der Waals surface area (Å²) < 4.78 is 4.96. The molecule has 3 amide bonds. The third kappa shape index (κ3) is 5.65. The Morgan fingerprint density at radius 2 is 1.71 bits per heavy atom. The van der Waals surface area contributed by atoms with Crippen molar-refractivity contribution in [1.29, 1.82) is 0 Å². The lowest BCUT2D eigenvalue weighted by Crippen LogP contribution is -2.50. The maximum Gasteiger partial charge on any atom is 0.317 e. The number of nitrogens with one attached hydrogen (secondary N) is 1. The lowest BCUT2D eigenvalue weighted by molar-refractivity contribution is -0.133. The number of methoxy groups -OCH3 is 1. The van der Waals surface area contributed by atoms with Crippen molar-refractivity contribution < 1.29 is 14.3 Å². The van der Waals surface area contributed by atoms with Gasteiger partial charge in [-0.25, -0.2) is 4.79 Å². The molecule has 0 aliphatic carbocycles. The molecule has 2 saturated heterocycles. The summed E-state index contributed by atoms with van der Waals surface area (Å²) >= 11 is 0. The van der Waals surface area contributed by atoms with Crippen LogP contribution in [0.2, 0.25) is 0 Å². The maximum atomic E-state index is 12.5. The van der Waals surface area contributed by atoms with Crippen LogP contribution >= 0.6 is 0 Å². The number of likely N-dealkylation sites (tertiary alicyclic amines) is 2. The topological polar surface area (TPSA) is 61.9 Å². The van der Waals surface area contributed by atoms with E-state index in [2.05, 4.69) is 19.2 Å². The maximum absolute atomic E-state index is 12.5. The number of amides is 3. The fourth-order valence-electron chi connectivity index (χ4n) is 3.79. The second-order valence-corrected chi connectivity index (χ2v) is 7.53. The highest BCUT2D eigenvalue weighted by Gasteiger charge is 2.27. The molecule has 1 N–H and O–H groups in total. The van der Waals surface area contributed by atoms with E-state index < -0.39 is 0 Å². The second-order valence-electron chi connectivity index (χ2n) is 7.53. The monoisotopic (exact) mass is 339 g/mol. The highest BCUT2D eigenvalue weighted by molar-refractivity contribution is 5.76. The number of ether oxygens (including phenoxy) is 1. The highest BCUT2D eigenvalue weighted by Crippen LogP contribution is 2.21. The number of hydrogen-bond donors (Lipinski definition) is 1. The van der Waals surface area contributed by atoms with Crippen molar-refractivity contribution in [3.8, 4) is 0 Å². The van der Waals surface area contributed by atoms with Crippen LogP contribution in [-0.4, -0.2) is 67.7 Å². The molecular weight excluding hydrogens is 306 g/mol. The molecule has 6 nitrogen and oxygen atoms in total. The van der Waals surface area contributed by atoms with Gasteiger partial charge in [-0.2, -0.15) is 0 Å². The minimum atomic E-state index is 0.0695. The molecule has 0 saturated carbocycles. The van der Waals surface area contributed by atoms with Crippen LogP contribution in [0.25, 0.3) is 0 Å². The summed E-state index contributed by atoms with van der Waals surface area (Å²) in [6.07, 6.45) is 4.40. The first kappa shape index (κ1) is 19.0. The molecular formula is C18H33N3O3. The molecule has 0 radical (unpaired) electrons. The lowest BCUT2D eigenvalue weighted by Gasteiger charge is -2.34. The Bertz CT molecular complexity index is 422. The lowest BCUT2D eigenvalue weighted by atomic mass is 9.97. The van der Waals surface area contributed by atoms with Gasteiger partial charge < -0.3 is 19.9 Å². The van der Waals surface area contributed by atoms with Gasteiger partial charge in [0.2, 0.25) is 5.91 Å². The van der Waals surface area contributed by atoms with Gasteiger partial charge in [0.1, 0.15) is 0 Å². The molecule has 0 aromatic heterocycles. The summed E-state index contributed by atoms with van der Waals surface area (Å²) in [4.78, 5) is 28.4. The molecule has 2 fully saturated rings. The second kappa shape index (κ2) is 9.25. The average Bonchev–Trinajstić information content (AvgIpc) is 2.73. The fraction of sp³-hybridized carbons (Fsp3) is 0.889. The number of rotatable bonds is 4. The summed E-state index contributed by atoms with van der Waals surface area (Å²) in [5.41, 5.74) is 0. The zero-order valence-corrected chi connectivity index (χ0v) is 15.4. The summed E-state index contributed by atoms with van der Waals surface area (Å²) in [6.45, 7) is 8.12. The molecule has 0 spiro atoms. The van der Waals surface area contributed by atoms with Gasteiger partial charge in [0.15, 0.2) is 0 Å². The van der Waals surface area contributed by atoms with E-state index in [9.17, 15) is 9.59 Å². The first-order valence-electron chi connectivity index (χ1n) is 9.31. The Morgan fingerprint density at radius 1 is 1.04 bits per heavy atom. The molecule has 0 unspecified atom stereocenters. The molecule has 0 bridgehead atoms. The molecule has 6 heteroatoms. The van der Waals surface area contributed by atoms with Crippen molar-refractivity contribution in [2.24, 2.45) is 11.8 Å². The number of carbonyl (C=O) groups excluding carboxylic acids is 2. The molecule has 24 heavy (non-hydrogen) atoms. The Morgan fingerprint density at radius 3 is 2.38 bits per heavy atom. The normalized spacial score (nSPS) is 26.1. The summed E-state index contributed by atoms with van der Waals surface area (Å²) in [5, 5.41) is 3.18. The standard InChI is InChI=1S/C18H33N3O3/c1-14-4-8-21(13-15(2)12-14)18(23)19-16-5-9-20(10-6-16)17(22)7-11-24-3/h14-16H,4-13H2,1-3H3,(H,19,23)/t14-,15-/m0/s1. The van der Waals surface area contributed by atoms with Gasteiger partial charge in [0, 0.05) is 39.3 Å². The van der Waals surface area contributed by atoms with Gasteiger partial charge in [0.25, 0.3) is 0 Å². The Hall–Kier alpha value is -1.30. The van der Waals surface area contributed by atoms with Gasteiger partial charge in [-0.3, -0.25) is 4.79 Å². The average molecular weight is 339 g/mol. The minimum Gasteiger partial charge on any atom is -0.384 e. The van der Waals surface area contributed by atoms with Crippen molar-refractivity contribution in [3.63, 3.8) is 0 Å². The third-order valence-corrected chi connectivity index (χ3v) is 5.21. The largest absolute Gasteiger partial charge is 0.384 e. The van der Waals surface area contributed by atoms with Gasteiger partial charge in [-0.05, 0) is 37.5 Å². The summed E-state index contributed by atoms with van der Waals surface area (Å²) in [7, 11) is 1.61. The summed E-state index contributed by atoms with van der Waals surface area (Å²) in [6, 6.07) is 0.250. The number of urea groups is 1. The molecule has 2 rings (SSSR count). The van der Waals surface area contributed by atoms with E-state index in [4.69, 9.17) is 4.74 Å². The zero-order valence-electron chi connectivity index (χ0n) is 15.4. The first-order valence-corrected chi connectivity index (χ1v) is 9.31. The summed E-state index contributed by atoms with van der Waals surface area (Å²) in [5.74, 6) is 1.41. The van der Waals surface area contributed by atoms with Crippen molar-refractivity contribution in [2.45, 2.75) is 52.0 Å². The van der Waals surface area contributed by atoms with Crippen LogP contribution in [0.4, 0.5) is 4.79 Å². The molecule has 0 aromatic carbocycles. The number of hydrogen-bond acceptors (Lipinski definition) is 3. The highest BCUT2D eigenvalue weighted by atomic mass is 16.5. The van der Waals surface area contributed by atoms with Crippen LogP contribution in [0.5, 0.6) is 0 Å². The van der Waals surface area contributed by atoms with Gasteiger partial charge in [-0.1, -0.05) is 13.8 Å². The molecule has 2 heterocycles. The van der Waals surface area contributed by atoms with Crippen LogP contribution in [0.3, 0.4) is 0 Å². The molecule has 2 aliphatic heterocycles. The van der Waals surface area contributed by atoms with Gasteiger partial charge >= 0.3 is 6.03 Å². The van der Waals surface area contributed by atoms with E-state index in [0.717, 1.165) is 45.4 Å². The van der Waals surface area contributed by atoms with E-state index in [1.165, 1.54) is 6.42 Å². The Kier molecular flexibility index (Phi) is 7.34. The van der Waals surface area contributed by atoms with Crippen LogP contribution in [-0.2, 0) is 9.53 Å². The van der Waals surface area contributed by atoms with E-state index in [0.29, 0.717) is 24.9 Å². The van der Waals surface area contributed by atoms with Crippen molar-refractivity contribution in [2.75, 3.05) is 39.9 Å². The fourth-order valence-corrected chi connectivity index (χ4v) is 3.79.